The van der Waals surface area contributed by atoms with Gasteiger partial charge in [-0.05, 0) is 25.7 Å². The average Bonchev–Trinajstić information content (AvgIpc) is 2.91. The van der Waals surface area contributed by atoms with Crippen LogP contribution in [-0.2, 0) is 19.1 Å². The van der Waals surface area contributed by atoms with Crippen LogP contribution in [0.25, 0.3) is 0 Å². The quantitative estimate of drug-likeness (QED) is 0.270. The van der Waals surface area contributed by atoms with Gasteiger partial charge in [0.25, 0.3) is 0 Å². The zero-order valence-electron chi connectivity index (χ0n) is 17.3. The Bertz CT molecular complexity index is 394. The highest BCUT2D eigenvalue weighted by Gasteiger charge is 2.40. The third kappa shape index (κ3) is 9.05. The van der Waals surface area contributed by atoms with Crippen molar-refractivity contribution in [2.45, 2.75) is 110 Å². The van der Waals surface area contributed by atoms with Gasteiger partial charge < -0.3 is 9.47 Å². The number of ether oxygens (including phenoxy) is 2. The maximum atomic E-state index is 12.0. The van der Waals surface area contributed by atoms with Gasteiger partial charge in [0.15, 0.2) is 0 Å². The molecule has 0 spiro atoms. The molecule has 0 aromatic carbocycles. The molecule has 0 N–H and O–H groups in total. The number of carbonyl (C=O) groups excluding carboxylic acids is 2. The van der Waals surface area contributed by atoms with Crippen molar-refractivity contribution in [2.75, 3.05) is 7.11 Å². The second kappa shape index (κ2) is 14.1. The van der Waals surface area contributed by atoms with Gasteiger partial charge in [0.05, 0.1) is 13.0 Å². The number of cyclic esters (lactones) is 1. The Balaban J connectivity index is 2.16. The molecule has 4 nitrogen and oxygen atoms in total. The molecule has 0 aliphatic carbocycles. The first-order valence-electron chi connectivity index (χ1n) is 10.9. The van der Waals surface area contributed by atoms with E-state index in [2.05, 4.69) is 11.7 Å². The Hall–Kier alpha value is -1.06. The highest BCUT2D eigenvalue weighted by atomic mass is 16.6. The predicted octanol–water partition coefficient (Wildman–Crippen LogP) is 5.82. The molecule has 0 saturated carbocycles. The van der Waals surface area contributed by atoms with Crippen molar-refractivity contribution in [1.82, 2.24) is 0 Å². The van der Waals surface area contributed by atoms with Crippen LogP contribution < -0.4 is 0 Å². The first-order chi connectivity index (χ1) is 12.6. The van der Waals surface area contributed by atoms with Crippen molar-refractivity contribution in [3.8, 4) is 0 Å². The van der Waals surface area contributed by atoms with Crippen LogP contribution in [0, 0.1) is 11.8 Å². The number of hydrogen-bond acceptors (Lipinski definition) is 4. The standard InChI is InChI=1S/C22H40O4/c1-4-5-6-7-10-13-16-20-19(18(2)22(24)26-20)15-12-9-8-11-14-17-21(23)25-3/h18-20H,4-17H2,1-3H3. The van der Waals surface area contributed by atoms with Crippen molar-refractivity contribution < 1.29 is 19.1 Å². The van der Waals surface area contributed by atoms with Gasteiger partial charge in [-0.25, -0.2) is 0 Å². The van der Waals surface area contributed by atoms with Crippen LogP contribution in [0.5, 0.6) is 0 Å². The summed E-state index contributed by atoms with van der Waals surface area (Å²) in [6, 6.07) is 0. The van der Waals surface area contributed by atoms with Crippen molar-refractivity contribution in [3.63, 3.8) is 0 Å². The summed E-state index contributed by atoms with van der Waals surface area (Å²) in [5, 5.41) is 0. The van der Waals surface area contributed by atoms with E-state index in [1.54, 1.807) is 0 Å². The first kappa shape index (κ1) is 23.0. The van der Waals surface area contributed by atoms with Gasteiger partial charge in [-0.3, -0.25) is 9.59 Å². The summed E-state index contributed by atoms with van der Waals surface area (Å²) in [6.45, 7) is 4.27. The molecule has 1 fully saturated rings. The molecule has 1 aliphatic rings. The predicted molar refractivity (Wildman–Crippen MR) is 105 cm³/mol. The van der Waals surface area contributed by atoms with Crippen molar-refractivity contribution in [1.29, 1.82) is 0 Å². The lowest BCUT2D eigenvalue weighted by Gasteiger charge is -2.19. The van der Waals surface area contributed by atoms with Crippen LogP contribution in [0.15, 0.2) is 0 Å². The minimum atomic E-state index is -0.113. The van der Waals surface area contributed by atoms with Crippen LogP contribution >= 0.6 is 0 Å². The molecule has 0 aromatic heterocycles. The maximum Gasteiger partial charge on any atom is 0.309 e. The lowest BCUT2D eigenvalue weighted by molar-refractivity contribution is -0.144. The smallest absolute Gasteiger partial charge is 0.309 e. The van der Waals surface area contributed by atoms with E-state index < -0.39 is 0 Å². The van der Waals surface area contributed by atoms with Crippen molar-refractivity contribution >= 4 is 11.9 Å². The number of carbonyl (C=O) groups is 2. The summed E-state index contributed by atoms with van der Waals surface area (Å²) in [5.41, 5.74) is 0. The second-order valence-electron chi connectivity index (χ2n) is 7.87. The molecule has 3 unspecified atom stereocenters. The van der Waals surface area contributed by atoms with Gasteiger partial charge in [0.1, 0.15) is 6.10 Å². The monoisotopic (exact) mass is 368 g/mol. The van der Waals surface area contributed by atoms with E-state index >= 15 is 0 Å². The third-order valence-electron chi connectivity index (χ3n) is 5.75. The summed E-state index contributed by atoms with van der Waals surface area (Å²) >= 11 is 0. The van der Waals surface area contributed by atoms with E-state index in [1.165, 1.54) is 52.1 Å². The van der Waals surface area contributed by atoms with E-state index in [0.717, 1.165) is 38.5 Å². The van der Waals surface area contributed by atoms with Crippen LogP contribution in [0.3, 0.4) is 0 Å². The first-order valence-corrected chi connectivity index (χ1v) is 10.9. The summed E-state index contributed by atoms with van der Waals surface area (Å²) in [6.07, 6.45) is 15.9. The minimum absolute atomic E-state index is 0.00376. The Morgan fingerprint density at radius 3 is 2.15 bits per heavy atom. The fourth-order valence-corrected chi connectivity index (χ4v) is 3.96. The topological polar surface area (TPSA) is 52.6 Å². The zero-order valence-corrected chi connectivity index (χ0v) is 17.3. The maximum absolute atomic E-state index is 12.0. The fourth-order valence-electron chi connectivity index (χ4n) is 3.96. The molecule has 26 heavy (non-hydrogen) atoms. The Morgan fingerprint density at radius 2 is 1.50 bits per heavy atom. The number of hydrogen-bond donors (Lipinski definition) is 0. The zero-order chi connectivity index (χ0) is 19.2. The highest BCUT2D eigenvalue weighted by Crippen LogP contribution is 2.35. The van der Waals surface area contributed by atoms with E-state index in [0.29, 0.717) is 12.3 Å². The number of unbranched alkanes of at least 4 members (excludes halogenated alkanes) is 9. The van der Waals surface area contributed by atoms with E-state index in [-0.39, 0.29) is 24.0 Å². The fraction of sp³-hybridized carbons (Fsp3) is 0.909. The average molecular weight is 369 g/mol. The van der Waals surface area contributed by atoms with Crippen LogP contribution in [0.4, 0.5) is 0 Å². The second-order valence-corrected chi connectivity index (χ2v) is 7.87. The van der Waals surface area contributed by atoms with Gasteiger partial charge in [0.2, 0.25) is 0 Å². The molecule has 0 radical (unpaired) electrons. The van der Waals surface area contributed by atoms with Crippen LogP contribution in [0.2, 0.25) is 0 Å². The van der Waals surface area contributed by atoms with Crippen LogP contribution in [0.1, 0.15) is 104 Å². The summed E-state index contributed by atoms with van der Waals surface area (Å²) < 4.78 is 10.3. The molecule has 4 heteroatoms. The highest BCUT2D eigenvalue weighted by molar-refractivity contribution is 5.74. The molecular weight excluding hydrogens is 328 g/mol. The van der Waals surface area contributed by atoms with Gasteiger partial charge in [0, 0.05) is 12.3 Å². The molecule has 1 aliphatic heterocycles. The molecule has 3 atom stereocenters. The third-order valence-corrected chi connectivity index (χ3v) is 5.75. The van der Waals surface area contributed by atoms with Gasteiger partial charge in [-0.15, -0.1) is 0 Å². The number of esters is 2. The number of rotatable bonds is 15. The molecule has 1 rings (SSSR count). The minimum Gasteiger partial charge on any atom is -0.469 e. The SMILES string of the molecule is CCCCCCCCC1OC(=O)C(C)C1CCCCCCCC(=O)OC. The normalized spacial score (nSPS) is 22.4. The Morgan fingerprint density at radius 1 is 0.923 bits per heavy atom. The van der Waals surface area contributed by atoms with Crippen molar-refractivity contribution in [2.24, 2.45) is 11.8 Å². The molecule has 0 amide bonds. The van der Waals surface area contributed by atoms with Gasteiger partial charge in [-0.1, -0.05) is 71.6 Å². The Labute approximate surface area is 160 Å². The largest absolute Gasteiger partial charge is 0.469 e. The van der Waals surface area contributed by atoms with Gasteiger partial charge in [-0.2, -0.15) is 0 Å². The summed E-state index contributed by atoms with van der Waals surface area (Å²) in [7, 11) is 1.44. The lowest BCUT2D eigenvalue weighted by atomic mass is 9.85. The Kier molecular flexibility index (Phi) is 12.4. The number of methoxy groups -OCH3 is 1. The van der Waals surface area contributed by atoms with Crippen LogP contribution in [-0.4, -0.2) is 25.2 Å². The van der Waals surface area contributed by atoms with E-state index in [4.69, 9.17) is 4.74 Å². The molecule has 0 bridgehead atoms. The lowest BCUT2D eigenvalue weighted by Crippen LogP contribution is -2.19. The summed E-state index contributed by atoms with van der Waals surface area (Å²) in [4.78, 5) is 23.0. The van der Waals surface area contributed by atoms with Gasteiger partial charge >= 0.3 is 11.9 Å². The molecule has 0 aromatic rings. The van der Waals surface area contributed by atoms with Crippen molar-refractivity contribution in [3.05, 3.63) is 0 Å². The van der Waals surface area contributed by atoms with E-state index in [1.807, 2.05) is 6.92 Å². The van der Waals surface area contributed by atoms with E-state index in [9.17, 15) is 9.59 Å². The summed E-state index contributed by atoms with van der Waals surface area (Å²) in [5.74, 6) is 0.342. The molecule has 1 saturated heterocycles. The molecule has 1 heterocycles. The molecular formula is C22H40O4. The molecule has 152 valence electrons.